The molecule has 5 rings (SSSR count). The molecule has 8 heteroatoms. The van der Waals surface area contributed by atoms with Gasteiger partial charge in [0.2, 0.25) is 5.91 Å². The number of aromatic nitrogens is 4. The highest BCUT2D eigenvalue weighted by Crippen LogP contribution is 2.35. The third kappa shape index (κ3) is 3.46. The molecule has 1 saturated heterocycles. The summed E-state index contributed by atoms with van der Waals surface area (Å²) in [6.45, 7) is 6.29. The number of amides is 1. The van der Waals surface area contributed by atoms with Gasteiger partial charge in [0.15, 0.2) is 10.8 Å². The van der Waals surface area contributed by atoms with E-state index in [0.717, 1.165) is 24.1 Å². The smallest absolute Gasteiger partial charge is 0.265 e. The first-order valence-electron chi connectivity index (χ1n) is 11.0. The van der Waals surface area contributed by atoms with Crippen LogP contribution >= 0.6 is 11.8 Å². The number of thioether (sulfide) groups is 1. The maximum Gasteiger partial charge on any atom is 0.265 e. The van der Waals surface area contributed by atoms with Gasteiger partial charge in [-0.2, -0.15) is 5.10 Å². The number of aryl methyl sites for hydroxylation is 1. The number of carbonyl (C=O) groups excluding carboxylic acids is 1. The van der Waals surface area contributed by atoms with E-state index in [9.17, 15) is 9.59 Å². The van der Waals surface area contributed by atoms with Crippen molar-refractivity contribution in [3.8, 4) is 5.69 Å². The van der Waals surface area contributed by atoms with Gasteiger partial charge in [-0.25, -0.2) is 9.67 Å². The minimum Gasteiger partial charge on any atom is -0.337 e. The van der Waals surface area contributed by atoms with Crippen LogP contribution in [0.1, 0.15) is 51.1 Å². The zero-order valence-electron chi connectivity index (χ0n) is 18.1. The quantitative estimate of drug-likeness (QED) is 0.584. The maximum absolute atomic E-state index is 13.3. The standard InChI is InChI=1S/C23H27N5O2S/c1-14-7-9-17(10-8-14)28-21-19(12-24-28)22(30)27-18(13-31-23(27)25-21)11-20(29)26-15(2)5-4-6-16(26)3/h7-10,12,15-16,18H,4-6,11,13H2,1-3H3. The number of hydrogen-bond donors (Lipinski definition) is 0. The fourth-order valence-electron chi connectivity index (χ4n) is 4.88. The molecule has 3 aromatic rings. The van der Waals surface area contributed by atoms with Crippen molar-refractivity contribution in [2.24, 2.45) is 0 Å². The van der Waals surface area contributed by atoms with Crippen molar-refractivity contribution < 1.29 is 4.79 Å². The highest BCUT2D eigenvalue weighted by Gasteiger charge is 2.34. The van der Waals surface area contributed by atoms with Gasteiger partial charge in [-0.3, -0.25) is 14.2 Å². The molecule has 1 aromatic carbocycles. The highest BCUT2D eigenvalue weighted by molar-refractivity contribution is 7.99. The van der Waals surface area contributed by atoms with Gasteiger partial charge in [0.05, 0.1) is 17.9 Å². The normalized spacial score (nSPS) is 23.3. The molecule has 0 N–H and O–H groups in total. The van der Waals surface area contributed by atoms with Crippen LogP contribution < -0.4 is 5.56 Å². The van der Waals surface area contributed by atoms with Crippen molar-refractivity contribution in [2.75, 3.05) is 5.75 Å². The summed E-state index contributed by atoms with van der Waals surface area (Å²) in [6.07, 6.45) is 5.20. The number of carbonyl (C=O) groups is 1. The maximum atomic E-state index is 13.3. The first kappa shape index (κ1) is 20.3. The van der Waals surface area contributed by atoms with Crippen LogP contribution in [0.25, 0.3) is 16.7 Å². The Balaban J connectivity index is 1.47. The number of rotatable bonds is 3. The van der Waals surface area contributed by atoms with Crippen LogP contribution in [0.4, 0.5) is 0 Å². The molecular weight excluding hydrogens is 410 g/mol. The summed E-state index contributed by atoms with van der Waals surface area (Å²) in [5, 5.41) is 5.59. The van der Waals surface area contributed by atoms with Gasteiger partial charge < -0.3 is 4.90 Å². The van der Waals surface area contributed by atoms with E-state index in [1.165, 1.54) is 6.42 Å². The molecule has 1 amide bonds. The Kier molecular flexibility index (Phi) is 5.12. The summed E-state index contributed by atoms with van der Waals surface area (Å²) in [6, 6.07) is 8.34. The van der Waals surface area contributed by atoms with E-state index in [1.807, 2.05) is 36.1 Å². The summed E-state index contributed by atoms with van der Waals surface area (Å²) >= 11 is 1.54. The Labute approximate surface area is 185 Å². The topological polar surface area (TPSA) is 73.0 Å². The first-order valence-corrected chi connectivity index (χ1v) is 11.9. The van der Waals surface area contributed by atoms with Gasteiger partial charge in [-0.1, -0.05) is 29.5 Å². The van der Waals surface area contributed by atoms with Crippen molar-refractivity contribution in [2.45, 2.75) is 69.7 Å². The molecular formula is C23H27N5O2S. The number of benzene rings is 1. The lowest BCUT2D eigenvalue weighted by Gasteiger charge is -2.39. The number of hydrogen-bond acceptors (Lipinski definition) is 5. The van der Waals surface area contributed by atoms with Gasteiger partial charge in [0, 0.05) is 24.3 Å². The molecule has 162 valence electrons. The van der Waals surface area contributed by atoms with Crippen LogP contribution in [0.3, 0.4) is 0 Å². The van der Waals surface area contributed by atoms with Crippen LogP contribution in [0, 0.1) is 6.92 Å². The van der Waals surface area contributed by atoms with Crippen LogP contribution in [-0.4, -0.2) is 48.0 Å². The number of likely N-dealkylation sites (tertiary alicyclic amines) is 1. The summed E-state index contributed by atoms with van der Waals surface area (Å²) in [4.78, 5) is 33.3. The van der Waals surface area contributed by atoms with Crippen molar-refractivity contribution >= 4 is 28.7 Å². The van der Waals surface area contributed by atoms with E-state index in [-0.39, 0.29) is 29.6 Å². The van der Waals surface area contributed by atoms with Crippen LogP contribution in [-0.2, 0) is 4.79 Å². The molecule has 0 aliphatic carbocycles. The van der Waals surface area contributed by atoms with E-state index >= 15 is 0 Å². The molecule has 0 saturated carbocycles. The summed E-state index contributed by atoms with van der Waals surface area (Å²) in [5.41, 5.74) is 2.49. The summed E-state index contributed by atoms with van der Waals surface area (Å²) in [7, 11) is 0. The molecule has 0 bridgehead atoms. The third-order valence-electron chi connectivity index (χ3n) is 6.54. The van der Waals surface area contributed by atoms with E-state index in [4.69, 9.17) is 4.98 Å². The Morgan fingerprint density at radius 3 is 2.58 bits per heavy atom. The molecule has 2 aliphatic rings. The molecule has 0 radical (unpaired) electrons. The van der Waals surface area contributed by atoms with Crippen molar-refractivity contribution in [3.05, 3.63) is 46.4 Å². The second-order valence-electron chi connectivity index (χ2n) is 8.80. The van der Waals surface area contributed by atoms with Crippen LogP contribution in [0.15, 0.2) is 40.4 Å². The molecule has 3 unspecified atom stereocenters. The average molecular weight is 438 g/mol. The van der Waals surface area contributed by atoms with E-state index < -0.39 is 0 Å². The lowest BCUT2D eigenvalue weighted by atomic mass is 9.96. The van der Waals surface area contributed by atoms with Gasteiger partial charge in [-0.15, -0.1) is 0 Å². The van der Waals surface area contributed by atoms with Crippen LogP contribution in [0.2, 0.25) is 0 Å². The average Bonchev–Trinajstić information content (AvgIpc) is 3.34. The Morgan fingerprint density at radius 1 is 1.16 bits per heavy atom. The number of fused-ring (bicyclic) bond motifs is 2. The van der Waals surface area contributed by atoms with Gasteiger partial charge >= 0.3 is 0 Å². The lowest BCUT2D eigenvalue weighted by molar-refractivity contribution is -0.138. The van der Waals surface area contributed by atoms with Crippen molar-refractivity contribution in [1.82, 2.24) is 24.2 Å². The van der Waals surface area contributed by atoms with E-state index in [2.05, 4.69) is 18.9 Å². The summed E-state index contributed by atoms with van der Waals surface area (Å²) in [5.74, 6) is 0.829. The Hall–Kier alpha value is -2.61. The highest BCUT2D eigenvalue weighted by atomic mass is 32.2. The van der Waals surface area contributed by atoms with Gasteiger partial charge in [0.1, 0.15) is 5.39 Å². The van der Waals surface area contributed by atoms with Crippen molar-refractivity contribution in [1.29, 1.82) is 0 Å². The minimum atomic E-state index is -0.166. The van der Waals surface area contributed by atoms with Gasteiger partial charge in [0.25, 0.3) is 5.56 Å². The molecule has 2 aromatic heterocycles. The lowest BCUT2D eigenvalue weighted by Crippen LogP contribution is -2.48. The Bertz CT molecular complexity index is 1190. The molecule has 2 aliphatic heterocycles. The zero-order chi connectivity index (χ0) is 21.7. The zero-order valence-corrected chi connectivity index (χ0v) is 18.9. The Morgan fingerprint density at radius 2 is 1.87 bits per heavy atom. The minimum absolute atomic E-state index is 0.110. The third-order valence-corrected chi connectivity index (χ3v) is 7.64. The van der Waals surface area contributed by atoms with Crippen LogP contribution in [0.5, 0.6) is 0 Å². The van der Waals surface area contributed by atoms with Crippen molar-refractivity contribution in [3.63, 3.8) is 0 Å². The molecule has 4 heterocycles. The monoisotopic (exact) mass is 437 g/mol. The molecule has 31 heavy (non-hydrogen) atoms. The molecule has 7 nitrogen and oxygen atoms in total. The molecule has 3 atom stereocenters. The first-order chi connectivity index (χ1) is 14.9. The number of nitrogens with zero attached hydrogens (tertiary/aromatic N) is 5. The largest absolute Gasteiger partial charge is 0.337 e. The molecule has 0 spiro atoms. The second-order valence-corrected chi connectivity index (χ2v) is 9.78. The van der Waals surface area contributed by atoms with Gasteiger partial charge in [-0.05, 0) is 52.2 Å². The fraction of sp³-hybridized carbons (Fsp3) is 0.478. The number of piperidine rings is 1. The summed E-state index contributed by atoms with van der Waals surface area (Å²) < 4.78 is 3.43. The second kappa shape index (κ2) is 7.82. The SMILES string of the molecule is Cc1ccc(-n2ncc3c(=O)n4c(nc32)SCC4CC(=O)N2C(C)CCCC2C)cc1. The predicted octanol–water partition coefficient (Wildman–Crippen LogP) is 3.72. The van der Waals surface area contributed by atoms with E-state index in [0.29, 0.717) is 28.4 Å². The predicted molar refractivity (Wildman–Crippen MR) is 122 cm³/mol. The van der Waals surface area contributed by atoms with E-state index in [1.54, 1.807) is 27.2 Å². The molecule has 1 fully saturated rings. The fourth-order valence-corrected chi connectivity index (χ4v) is 6.01.